The summed E-state index contributed by atoms with van der Waals surface area (Å²) in [5.74, 6) is -0.611. The van der Waals surface area contributed by atoms with Crippen molar-refractivity contribution < 1.29 is 29.6 Å². The molecule has 7 heteroatoms. The quantitative estimate of drug-likeness (QED) is 0.681. The standard InChI is InChI=1S/C14H18O6S/c1-8(16)19-13-11(17)10(7-15)20-14(12(13)18)21-9-5-3-2-4-6-9/h2-6,10-15,17-18H,7H2,1H3/t10-,11-,12+,13+,14+/m1/s1. The minimum Gasteiger partial charge on any atom is -0.457 e. The Morgan fingerprint density at radius 3 is 2.52 bits per heavy atom. The molecule has 1 aromatic carbocycles. The average Bonchev–Trinajstić information content (AvgIpc) is 2.47. The van der Waals surface area contributed by atoms with Crippen LogP contribution in [0.3, 0.4) is 0 Å². The minimum atomic E-state index is -1.28. The van der Waals surface area contributed by atoms with Gasteiger partial charge in [0.1, 0.15) is 23.7 Å². The van der Waals surface area contributed by atoms with E-state index in [0.29, 0.717) is 0 Å². The van der Waals surface area contributed by atoms with Gasteiger partial charge >= 0.3 is 5.97 Å². The topological polar surface area (TPSA) is 96.2 Å². The third-order valence-corrected chi connectivity index (χ3v) is 4.29. The Morgan fingerprint density at radius 2 is 1.95 bits per heavy atom. The van der Waals surface area contributed by atoms with E-state index in [2.05, 4.69) is 0 Å². The van der Waals surface area contributed by atoms with Gasteiger partial charge in [-0.25, -0.2) is 0 Å². The summed E-state index contributed by atoms with van der Waals surface area (Å²) in [6.07, 6.45) is -4.52. The summed E-state index contributed by atoms with van der Waals surface area (Å²) >= 11 is 1.24. The van der Waals surface area contributed by atoms with Crippen molar-refractivity contribution in [3.63, 3.8) is 0 Å². The van der Waals surface area contributed by atoms with Gasteiger partial charge in [-0.1, -0.05) is 30.0 Å². The Morgan fingerprint density at radius 1 is 1.29 bits per heavy atom. The molecule has 3 N–H and O–H groups in total. The molecular formula is C14H18O6S. The molecule has 0 radical (unpaired) electrons. The summed E-state index contributed by atoms with van der Waals surface area (Å²) in [4.78, 5) is 12.0. The van der Waals surface area contributed by atoms with Crippen LogP contribution in [0.25, 0.3) is 0 Å². The molecule has 1 aliphatic heterocycles. The molecule has 1 fully saturated rings. The van der Waals surface area contributed by atoms with Crippen molar-refractivity contribution in [3.05, 3.63) is 30.3 Å². The third-order valence-electron chi connectivity index (χ3n) is 3.12. The Kier molecular flexibility index (Phi) is 5.60. The summed E-state index contributed by atoms with van der Waals surface area (Å²) in [7, 11) is 0. The summed E-state index contributed by atoms with van der Waals surface area (Å²) in [5, 5.41) is 29.5. The Balaban J connectivity index is 2.14. The maximum atomic E-state index is 11.1. The molecule has 1 aliphatic rings. The number of thioether (sulfide) groups is 1. The molecular weight excluding hydrogens is 296 g/mol. The van der Waals surface area contributed by atoms with Crippen molar-refractivity contribution in [2.45, 2.75) is 41.7 Å². The zero-order valence-electron chi connectivity index (χ0n) is 11.5. The lowest BCUT2D eigenvalue weighted by Gasteiger charge is -2.41. The largest absolute Gasteiger partial charge is 0.457 e. The zero-order valence-corrected chi connectivity index (χ0v) is 12.3. The van der Waals surface area contributed by atoms with E-state index in [0.717, 1.165) is 4.90 Å². The first-order chi connectivity index (χ1) is 10.0. The van der Waals surface area contributed by atoms with E-state index in [4.69, 9.17) is 9.47 Å². The van der Waals surface area contributed by atoms with Crippen LogP contribution in [0.15, 0.2) is 35.2 Å². The van der Waals surface area contributed by atoms with E-state index in [1.807, 2.05) is 30.3 Å². The average molecular weight is 314 g/mol. The van der Waals surface area contributed by atoms with E-state index in [-0.39, 0.29) is 0 Å². The highest BCUT2D eigenvalue weighted by molar-refractivity contribution is 7.99. The first-order valence-corrected chi connectivity index (χ1v) is 7.42. The van der Waals surface area contributed by atoms with Crippen LogP contribution in [0.2, 0.25) is 0 Å². The molecule has 0 unspecified atom stereocenters. The van der Waals surface area contributed by atoms with Gasteiger partial charge in [-0.3, -0.25) is 4.79 Å². The number of carbonyl (C=O) groups excluding carboxylic acids is 1. The Bertz CT molecular complexity index is 468. The molecule has 116 valence electrons. The fraction of sp³-hybridized carbons (Fsp3) is 0.500. The highest BCUT2D eigenvalue weighted by Gasteiger charge is 2.46. The third kappa shape index (κ3) is 3.96. The number of rotatable bonds is 4. The van der Waals surface area contributed by atoms with Crippen LogP contribution >= 0.6 is 11.8 Å². The molecule has 2 rings (SSSR count). The van der Waals surface area contributed by atoms with Gasteiger partial charge < -0.3 is 24.8 Å². The second-order valence-corrected chi connectivity index (χ2v) is 5.88. The first kappa shape index (κ1) is 16.3. The predicted molar refractivity (Wildman–Crippen MR) is 75.6 cm³/mol. The lowest BCUT2D eigenvalue weighted by atomic mass is 10.00. The van der Waals surface area contributed by atoms with Crippen molar-refractivity contribution in [1.29, 1.82) is 0 Å². The number of benzene rings is 1. The second-order valence-electron chi connectivity index (χ2n) is 4.71. The van der Waals surface area contributed by atoms with Crippen LogP contribution in [0.1, 0.15) is 6.92 Å². The molecule has 21 heavy (non-hydrogen) atoms. The van der Waals surface area contributed by atoms with E-state index in [9.17, 15) is 20.1 Å². The molecule has 6 nitrogen and oxygen atoms in total. The maximum Gasteiger partial charge on any atom is 0.303 e. The Labute approximate surface area is 126 Å². The number of aliphatic hydroxyl groups excluding tert-OH is 3. The van der Waals surface area contributed by atoms with Gasteiger partial charge in [0.25, 0.3) is 0 Å². The molecule has 5 atom stereocenters. The van der Waals surface area contributed by atoms with Crippen molar-refractivity contribution in [3.8, 4) is 0 Å². The number of aliphatic hydroxyl groups is 3. The normalized spacial score (nSPS) is 32.7. The molecule has 0 aromatic heterocycles. The van der Waals surface area contributed by atoms with Gasteiger partial charge in [0.15, 0.2) is 6.10 Å². The molecule has 0 aliphatic carbocycles. The van der Waals surface area contributed by atoms with Crippen LogP contribution in [0.4, 0.5) is 0 Å². The predicted octanol–water partition coefficient (Wildman–Crippen LogP) is 0.149. The van der Waals surface area contributed by atoms with Crippen LogP contribution < -0.4 is 0 Å². The fourth-order valence-electron chi connectivity index (χ4n) is 2.11. The summed E-state index contributed by atoms with van der Waals surface area (Å²) in [6, 6.07) is 9.25. The second kappa shape index (κ2) is 7.24. The monoisotopic (exact) mass is 314 g/mol. The number of ether oxygens (including phenoxy) is 2. The van der Waals surface area contributed by atoms with Gasteiger partial charge in [0.05, 0.1) is 6.61 Å². The fourth-order valence-corrected chi connectivity index (χ4v) is 3.19. The SMILES string of the molecule is CC(=O)O[C@H]1[C@H](O)[C@@H](CO)O[C@@H](Sc2ccccc2)[C@H]1O. The van der Waals surface area contributed by atoms with Gasteiger partial charge in [0.2, 0.25) is 0 Å². The lowest BCUT2D eigenvalue weighted by Crippen LogP contribution is -2.58. The van der Waals surface area contributed by atoms with Gasteiger partial charge in [-0.15, -0.1) is 0 Å². The first-order valence-electron chi connectivity index (χ1n) is 6.54. The van der Waals surface area contributed by atoms with Crippen LogP contribution in [-0.2, 0) is 14.3 Å². The van der Waals surface area contributed by atoms with Crippen LogP contribution in [0.5, 0.6) is 0 Å². The zero-order chi connectivity index (χ0) is 15.4. The summed E-state index contributed by atoms with van der Waals surface area (Å²) < 4.78 is 10.5. The molecule has 0 amide bonds. The summed E-state index contributed by atoms with van der Waals surface area (Å²) in [6.45, 7) is 0.764. The van der Waals surface area contributed by atoms with Crippen molar-refractivity contribution in [2.75, 3.05) is 6.61 Å². The molecule has 0 bridgehead atoms. The molecule has 1 aromatic rings. The van der Waals surface area contributed by atoms with Crippen molar-refractivity contribution in [1.82, 2.24) is 0 Å². The van der Waals surface area contributed by atoms with Crippen molar-refractivity contribution in [2.24, 2.45) is 0 Å². The van der Waals surface area contributed by atoms with E-state index >= 15 is 0 Å². The van der Waals surface area contributed by atoms with E-state index < -0.39 is 42.4 Å². The van der Waals surface area contributed by atoms with Gasteiger partial charge in [-0.05, 0) is 12.1 Å². The highest BCUT2D eigenvalue weighted by Crippen LogP contribution is 2.34. The summed E-state index contributed by atoms with van der Waals surface area (Å²) in [5.41, 5.74) is -0.753. The number of esters is 1. The highest BCUT2D eigenvalue weighted by atomic mass is 32.2. The molecule has 0 spiro atoms. The van der Waals surface area contributed by atoms with Crippen LogP contribution in [0, 0.1) is 0 Å². The van der Waals surface area contributed by atoms with Gasteiger partial charge in [0, 0.05) is 11.8 Å². The number of hydrogen-bond donors (Lipinski definition) is 3. The molecule has 1 heterocycles. The van der Waals surface area contributed by atoms with Crippen molar-refractivity contribution >= 4 is 17.7 Å². The number of hydrogen-bond acceptors (Lipinski definition) is 7. The maximum absolute atomic E-state index is 11.1. The van der Waals surface area contributed by atoms with E-state index in [1.54, 1.807) is 0 Å². The van der Waals surface area contributed by atoms with Gasteiger partial charge in [-0.2, -0.15) is 0 Å². The molecule has 0 saturated carbocycles. The molecule has 1 saturated heterocycles. The Hall–Kier alpha value is -1.12. The smallest absolute Gasteiger partial charge is 0.303 e. The lowest BCUT2D eigenvalue weighted by molar-refractivity contribution is -0.219. The minimum absolute atomic E-state index is 0.433. The van der Waals surface area contributed by atoms with Crippen LogP contribution in [-0.4, -0.2) is 57.7 Å². The number of carbonyl (C=O) groups is 1. The van der Waals surface area contributed by atoms with E-state index in [1.165, 1.54) is 18.7 Å².